The molecule has 37 heavy (non-hydrogen) atoms. The third kappa shape index (κ3) is 9.41. The summed E-state index contributed by atoms with van der Waals surface area (Å²) in [4.78, 5) is 28.8. The molecule has 0 bridgehead atoms. The maximum atomic E-state index is 13.7. The molecule has 0 aliphatic rings. The lowest BCUT2D eigenvalue weighted by Crippen LogP contribution is -2.51. The van der Waals surface area contributed by atoms with Gasteiger partial charge in [-0.25, -0.2) is 0 Å². The van der Waals surface area contributed by atoms with Crippen molar-refractivity contribution in [2.24, 2.45) is 0 Å². The van der Waals surface area contributed by atoms with E-state index >= 15 is 0 Å². The summed E-state index contributed by atoms with van der Waals surface area (Å²) in [6, 6.07) is 22.8. The molecular weight excluding hydrogens is 523 g/mol. The molecule has 0 spiro atoms. The molecule has 196 valence electrons. The third-order valence-corrected chi connectivity index (χ3v) is 7.74. The second-order valence-electron chi connectivity index (χ2n) is 9.10. The van der Waals surface area contributed by atoms with Crippen LogP contribution < -0.4 is 5.32 Å². The largest absolute Gasteiger partial charge is 0.354 e. The SMILES string of the molecule is CCCCNC(=O)C(Cc1ccccc1)N(Cc1ccc(Cl)c(Cl)c1)C(=O)CSCc1cccc(C)c1. The van der Waals surface area contributed by atoms with Crippen LogP contribution >= 0.6 is 35.0 Å². The Morgan fingerprint density at radius 1 is 0.919 bits per heavy atom. The molecule has 4 nitrogen and oxygen atoms in total. The van der Waals surface area contributed by atoms with Crippen LogP contribution in [0.4, 0.5) is 0 Å². The molecule has 1 unspecified atom stereocenters. The van der Waals surface area contributed by atoms with Gasteiger partial charge < -0.3 is 10.2 Å². The van der Waals surface area contributed by atoms with Gasteiger partial charge in [0, 0.05) is 25.3 Å². The van der Waals surface area contributed by atoms with Crippen molar-refractivity contribution in [1.82, 2.24) is 10.2 Å². The van der Waals surface area contributed by atoms with Crippen molar-refractivity contribution >= 4 is 46.8 Å². The molecule has 0 fully saturated rings. The molecular formula is C30H34Cl2N2O2S. The molecule has 1 atom stereocenters. The van der Waals surface area contributed by atoms with Gasteiger partial charge in [0.2, 0.25) is 11.8 Å². The summed E-state index contributed by atoms with van der Waals surface area (Å²) >= 11 is 14.0. The minimum Gasteiger partial charge on any atom is -0.354 e. The third-order valence-electron chi connectivity index (χ3n) is 6.01. The molecule has 0 radical (unpaired) electrons. The minimum absolute atomic E-state index is 0.0877. The smallest absolute Gasteiger partial charge is 0.243 e. The summed E-state index contributed by atoms with van der Waals surface area (Å²) in [6.07, 6.45) is 2.29. The Kier molecular flexibility index (Phi) is 11.8. The van der Waals surface area contributed by atoms with Crippen molar-refractivity contribution in [1.29, 1.82) is 0 Å². The quantitative estimate of drug-likeness (QED) is 0.228. The van der Waals surface area contributed by atoms with Crippen molar-refractivity contribution in [3.8, 4) is 0 Å². The number of carbonyl (C=O) groups is 2. The van der Waals surface area contributed by atoms with E-state index in [4.69, 9.17) is 23.2 Å². The first kappa shape index (κ1) is 29.1. The zero-order valence-corrected chi connectivity index (χ0v) is 23.7. The molecule has 7 heteroatoms. The molecule has 3 aromatic rings. The van der Waals surface area contributed by atoms with Crippen molar-refractivity contribution in [3.05, 3.63) is 105 Å². The van der Waals surface area contributed by atoms with Gasteiger partial charge in [-0.2, -0.15) is 0 Å². The predicted octanol–water partition coefficient (Wildman–Crippen LogP) is 7.09. The van der Waals surface area contributed by atoms with Gasteiger partial charge in [-0.05, 0) is 42.2 Å². The molecule has 0 aliphatic carbocycles. The number of rotatable bonds is 13. The zero-order chi connectivity index (χ0) is 26.6. The lowest BCUT2D eigenvalue weighted by Gasteiger charge is -2.31. The molecule has 3 rings (SSSR count). The molecule has 0 saturated heterocycles. The summed E-state index contributed by atoms with van der Waals surface area (Å²) in [5.74, 6) is 0.757. The normalized spacial score (nSPS) is 11.7. The number of halogens is 2. The van der Waals surface area contributed by atoms with Crippen molar-refractivity contribution in [3.63, 3.8) is 0 Å². The number of thioether (sulfide) groups is 1. The Labute approximate surface area is 234 Å². The number of aryl methyl sites for hydroxylation is 1. The maximum Gasteiger partial charge on any atom is 0.243 e. The first-order chi connectivity index (χ1) is 17.9. The second-order valence-corrected chi connectivity index (χ2v) is 10.9. The van der Waals surface area contributed by atoms with Gasteiger partial charge >= 0.3 is 0 Å². The summed E-state index contributed by atoms with van der Waals surface area (Å²) in [5, 5.41) is 3.92. The molecule has 0 aromatic heterocycles. The fourth-order valence-corrected chi connectivity index (χ4v) is 5.21. The highest BCUT2D eigenvalue weighted by Gasteiger charge is 2.30. The Morgan fingerprint density at radius 3 is 2.38 bits per heavy atom. The monoisotopic (exact) mass is 556 g/mol. The van der Waals surface area contributed by atoms with Crippen LogP contribution in [0.1, 0.15) is 42.0 Å². The number of nitrogens with one attached hydrogen (secondary N) is 1. The van der Waals surface area contributed by atoms with E-state index in [9.17, 15) is 9.59 Å². The first-order valence-electron chi connectivity index (χ1n) is 12.6. The van der Waals surface area contributed by atoms with Crippen LogP contribution in [0.25, 0.3) is 0 Å². The Bertz CT molecular complexity index is 1170. The highest BCUT2D eigenvalue weighted by Crippen LogP contribution is 2.25. The Balaban J connectivity index is 1.85. The van der Waals surface area contributed by atoms with Crippen LogP contribution in [0, 0.1) is 6.92 Å². The standard InChI is InChI=1S/C30H34Cl2N2O2S/c1-3-4-15-33-30(36)28(18-23-10-6-5-7-11-23)34(19-24-13-14-26(31)27(32)17-24)29(35)21-37-20-25-12-8-9-22(2)16-25/h5-14,16-17,28H,3-4,15,18-21H2,1-2H3,(H,33,36). The van der Waals surface area contributed by atoms with Gasteiger partial charge in [0.15, 0.2) is 0 Å². The number of carbonyl (C=O) groups excluding carboxylic acids is 2. The van der Waals surface area contributed by atoms with E-state index in [0.29, 0.717) is 23.0 Å². The zero-order valence-electron chi connectivity index (χ0n) is 21.4. The van der Waals surface area contributed by atoms with Crippen LogP contribution in [0.3, 0.4) is 0 Å². The summed E-state index contributed by atoms with van der Waals surface area (Å²) < 4.78 is 0. The summed E-state index contributed by atoms with van der Waals surface area (Å²) in [5.41, 5.74) is 4.19. The maximum absolute atomic E-state index is 13.7. The highest BCUT2D eigenvalue weighted by atomic mass is 35.5. The molecule has 3 aromatic carbocycles. The number of hydrogen-bond donors (Lipinski definition) is 1. The lowest BCUT2D eigenvalue weighted by molar-refractivity contribution is -0.139. The van der Waals surface area contributed by atoms with E-state index in [-0.39, 0.29) is 24.1 Å². The highest BCUT2D eigenvalue weighted by molar-refractivity contribution is 7.99. The van der Waals surface area contributed by atoms with Crippen molar-refractivity contribution < 1.29 is 9.59 Å². The van der Waals surface area contributed by atoms with Crippen LogP contribution in [0.5, 0.6) is 0 Å². The topological polar surface area (TPSA) is 49.4 Å². The fraction of sp³-hybridized carbons (Fsp3) is 0.333. The number of amides is 2. The van der Waals surface area contributed by atoms with Crippen molar-refractivity contribution in [2.75, 3.05) is 12.3 Å². The van der Waals surface area contributed by atoms with E-state index in [1.54, 1.807) is 28.8 Å². The van der Waals surface area contributed by atoms with E-state index in [1.165, 1.54) is 11.1 Å². The van der Waals surface area contributed by atoms with Crippen LogP contribution in [-0.2, 0) is 28.3 Å². The van der Waals surface area contributed by atoms with E-state index in [1.807, 2.05) is 42.5 Å². The van der Waals surface area contributed by atoms with E-state index < -0.39 is 6.04 Å². The van der Waals surface area contributed by atoms with Gasteiger partial charge in [0.1, 0.15) is 6.04 Å². The average Bonchev–Trinajstić information content (AvgIpc) is 2.89. The van der Waals surface area contributed by atoms with E-state index in [0.717, 1.165) is 29.7 Å². The average molecular weight is 558 g/mol. The van der Waals surface area contributed by atoms with Gasteiger partial charge in [0.25, 0.3) is 0 Å². The van der Waals surface area contributed by atoms with E-state index in [2.05, 4.69) is 37.4 Å². The Morgan fingerprint density at radius 2 is 1.68 bits per heavy atom. The number of benzene rings is 3. The predicted molar refractivity (Wildman–Crippen MR) is 156 cm³/mol. The number of nitrogens with zero attached hydrogens (tertiary/aromatic N) is 1. The van der Waals surface area contributed by atoms with Gasteiger partial charge in [-0.15, -0.1) is 11.8 Å². The molecule has 0 saturated carbocycles. The Hall–Kier alpha value is -2.47. The number of unbranched alkanes of at least 4 members (excludes halogenated alkanes) is 1. The summed E-state index contributed by atoms with van der Waals surface area (Å²) in [6.45, 7) is 4.99. The van der Waals surface area contributed by atoms with Gasteiger partial charge in [-0.3, -0.25) is 9.59 Å². The van der Waals surface area contributed by atoms with Crippen LogP contribution in [0.2, 0.25) is 10.0 Å². The van der Waals surface area contributed by atoms with Crippen molar-refractivity contribution in [2.45, 2.75) is 51.4 Å². The molecule has 1 N–H and O–H groups in total. The van der Waals surface area contributed by atoms with Crippen LogP contribution in [-0.4, -0.2) is 35.1 Å². The van der Waals surface area contributed by atoms with Gasteiger partial charge in [0.05, 0.1) is 15.8 Å². The first-order valence-corrected chi connectivity index (χ1v) is 14.5. The molecule has 0 heterocycles. The lowest BCUT2D eigenvalue weighted by atomic mass is 10.0. The molecule has 0 aliphatic heterocycles. The fourth-order valence-electron chi connectivity index (χ4n) is 4.04. The number of hydrogen-bond acceptors (Lipinski definition) is 3. The van der Waals surface area contributed by atoms with Crippen LogP contribution in [0.15, 0.2) is 72.8 Å². The minimum atomic E-state index is -0.652. The second kappa shape index (κ2) is 15.1. The van der Waals surface area contributed by atoms with Gasteiger partial charge in [-0.1, -0.05) is 103 Å². The summed E-state index contributed by atoms with van der Waals surface area (Å²) in [7, 11) is 0. The molecule has 2 amide bonds.